The van der Waals surface area contributed by atoms with Crippen molar-refractivity contribution in [3.05, 3.63) is 0 Å². The molecule has 0 bridgehead atoms. The first kappa shape index (κ1) is 14.1. The molecule has 3 atom stereocenters. The van der Waals surface area contributed by atoms with E-state index in [2.05, 4.69) is 24.0 Å². The zero-order chi connectivity index (χ0) is 13.6. The maximum absolute atomic E-state index is 12.2. The van der Waals surface area contributed by atoms with Gasteiger partial charge in [0.15, 0.2) is 0 Å². The Balaban J connectivity index is 2.38. The van der Waals surface area contributed by atoms with Crippen molar-refractivity contribution in [2.24, 2.45) is 5.41 Å². The fraction of sp³-hybridized carbons (Fsp3) is 0.727. The summed E-state index contributed by atoms with van der Waals surface area (Å²) < 4.78 is -0.110. The van der Waals surface area contributed by atoms with E-state index in [-0.39, 0.29) is 15.4 Å². The summed E-state index contributed by atoms with van der Waals surface area (Å²) in [6.07, 6.45) is 0.771. The number of thiol groups is 1. The molecule has 2 saturated heterocycles. The molecular weight excluding hydrogens is 445 g/mol. The van der Waals surface area contributed by atoms with E-state index in [1.807, 2.05) is 6.92 Å². The Morgan fingerprint density at radius 1 is 1.78 bits per heavy atom. The second-order valence-electron chi connectivity index (χ2n) is 5.06. The first-order valence-electron chi connectivity index (χ1n) is 5.75. The van der Waals surface area contributed by atoms with E-state index >= 15 is 0 Å². The van der Waals surface area contributed by atoms with Gasteiger partial charge in [0.25, 0.3) is 0 Å². The van der Waals surface area contributed by atoms with Crippen LogP contribution < -0.4 is 5.32 Å². The summed E-state index contributed by atoms with van der Waals surface area (Å²) in [5, 5.41) is 12.1. The van der Waals surface area contributed by atoms with Gasteiger partial charge in [0.2, 0.25) is 0 Å². The molecule has 1 N–H and O–H groups in total. The molecule has 2 fully saturated rings. The van der Waals surface area contributed by atoms with Gasteiger partial charge in [-0.05, 0) is 0 Å². The quantitative estimate of drug-likeness (QED) is 0.330. The first-order chi connectivity index (χ1) is 8.41. The number of carbonyl (C=O) groups excluding carboxylic acids is 2. The van der Waals surface area contributed by atoms with Crippen LogP contribution in [0.5, 0.6) is 0 Å². The van der Waals surface area contributed by atoms with Gasteiger partial charge in [0, 0.05) is 0 Å². The van der Waals surface area contributed by atoms with Gasteiger partial charge in [-0.25, -0.2) is 0 Å². The number of hydrogen-bond acceptors (Lipinski definition) is 4. The van der Waals surface area contributed by atoms with Crippen molar-refractivity contribution >= 4 is 50.2 Å². The van der Waals surface area contributed by atoms with Crippen molar-refractivity contribution in [2.75, 3.05) is 12.3 Å². The van der Waals surface area contributed by atoms with Crippen LogP contribution in [0.4, 0.5) is 0 Å². The first-order valence-corrected chi connectivity index (χ1v) is 8.63. The molecule has 0 aromatic rings. The topological polar surface area (TPSA) is 73.2 Å². The van der Waals surface area contributed by atoms with Gasteiger partial charge >= 0.3 is 128 Å². The van der Waals surface area contributed by atoms with Crippen molar-refractivity contribution in [2.45, 2.75) is 28.9 Å². The summed E-state index contributed by atoms with van der Waals surface area (Å²) in [4.78, 5) is 25.8. The number of rotatable bonds is 2. The van der Waals surface area contributed by atoms with E-state index in [0.717, 1.165) is 0 Å². The molecule has 0 saturated carbocycles. The standard InChI is InChI=1S/C11H14N3O2S.Pb/c1-10(5-12)4-11(6-13-9(11)16)14(7-10)8(15)2-3-17;/h7,17H,2-4,6H2,1H3,(H,13,16);. The van der Waals surface area contributed by atoms with Gasteiger partial charge in [-0.3, -0.25) is 0 Å². The summed E-state index contributed by atoms with van der Waals surface area (Å²) >= 11 is 4.76. The molecule has 95 valence electrons. The second-order valence-corrected chi connectivity index (χ2v) is 7.63. The molecule has 2 heterocycles. The molecular formula is C11H14N3O2PbS. The van der Waals surface area contributed by atoms with Crippen molar-refractivity contribution in [1.82, 2.24) is 10.2 Å². The molecule has 0 aliphatic carbocycles. The Morgan fingerprint density at radius 3 is 2.83 bits per heavy atom. The van der Waals surface area contributed by atoms with Crippen molar-refractivity contribution in [1.29, 1.82) is 5.26 Å². The van der Waals surface area contributed by atoms with E-state index in [1.54, 1.807) is 4.90 Å². The number of nitrogens with zero attached hydrogens (tertiary/aromatic N) is 2. The number of nitriles is 1. The molecule has 18 heavy (non-hydrogen) atoms. The fourth-order valence-electron chi connectivity index (χ4n) is 2.72. The minimum atomic E-state index is -0.767. The van der Waals surface area contributed by atoms with E-state index in [0.29, 0.717) is 50.9 Å². The molecule has 2 rings (SSSR count). The Kier molecular flexibility index (Phi) is 3.66. The third kappa shape index (κ3) is 1.78. The number of β-lactam (4-membered cyclic amide) rings is 1. The van der Waals surface area contributed by atoms with Crippen molar-refractivity contribution in [3.63, 3.8) is 0 Å². The molecule has 1 spiro atoms. The third-order valence-electron chi connectivity index (χ3n) is 3.80. The van der Waals surface area contributed by atoms with Crippen molar-refractivity contribution < 1.29 is 9.59 Å². The number of amides is 2. The van der Waals surface area contributed by atoms with Gasteiger partial charge < -0.3 is 0 Å². The van der Waals surface area contributed by atoms with Crippen LogP contribution in [0.3, 0.4) is 0 Å². The van der Waals surface area contributed by atoms with E-state index in [1.165, 1.54) is 0 Å². The van der Waals surface area contributed by atoms with Crippen LogP contribution in [-0.4, -0.2) is 63.9 Å². The summed E-state index contributed by atoms with van der Waals surface area (Å²) in [5.74, 6) is 0.290. The molecule has 7 heteroatoms. The van der Waals surface area contributed by atoms with Crippen LogP contribution in [0.15, 0.2) is 0 Å². The van der Waals surface area contributed by atoms with Crippen LogP contribution in [0.25, 0.3) is 0 Å². The predicted octanol–water partition coefficient (Wildman–Crippen LogP) is -0.568. The monoisotopic (exact) mass is 460 g/mol. The normalized spacial score (nSPS) is 38.2. The average Bonchev–Trinajstić information content (AvgIpc) is 2.60. The molecule has 0 aromatic heterocycles. The SMILES string of the molecule is CC1(C#N)CC2(CNC2=O)N(C(=O)CCS)[CH]1[Pb]. The van der Waals surface area contributed by atoms with Crippen LogP contribution in [0.2, 0.25) is 0 Å². The van der Waals surface area contributed by atoms with Gasteiger partial charge in [-0.2, -0.15) is 0 Å². The number of carbonyl (C=O) groups is 2. The summed E-state index contributed by atoms with van der Waals surface area (Å²) in [6, 6.07) is 2.30. The van der Waals surface area contributed by atoms with E-state index in [4.69, 9.17) is 0 Å². The molecule has 0 aromatic carbocycles. The van der Waals surface area contributed by atoms with Gasteiger partial charge in [-0.15, -0.1) is 0 Å². The molecule has 3 unspecified atom stereocenters. The summed E-state index contributed by atoms with van der Waals surface area (Å²) in [6.45, 7) is 2.33. The Bertz CT molecular complexity index is 452. The van der Waals surface area contributed by atoms with Gasteiger partial charge in [-0.1, -0.05) is 0 Å². The van der Waals surface area contributed by atoms with Crippen LogP contribution >= 0.6 is 12.6 Å². The number of nitrogens with one attached hydrogen (secondary N) is 1. The number of likely N-dealkylation sites (tertiary alicyclic amines) is 1. The molecule has 5 nitrogen and oxygen atoms in total. The Morgan fingerprint density at radius 2 is 2.44 bits per heavy atom. The van der Waals surface area contributed by atoms with E-state index < -0.39 is 11.0 Å². The van der Waals surface area contributed by atoms with E-state index in [9.17, 15) is 14.9 Å². The zero-order valence-corrected chi connectivity index (χ0v) is 14.8. The Labute approximate surface area is 127 Å². The van der Waals surface area contributed by atoms with Crippen LogP contribution in [0, 0.1) is 16.7 Å². The van der Waals surface area contributed by atoms with Gasteiger partial charge in [0.1, 0.15) is 0 Å². The van der Waals surface area contributed by atoms with Gasteiger partial charge in [0.05, 0.1) is 0 Å². The maximum atomic E-state index is 12.2. The average molecular weight is 460 g/mol. The third-order valence-corrected chi connectivity index (χ3v) is 7.50. The zero-order valence-electron chi connectivity index (χ0n) is 10.1. The Hall–Kier alpha value is -0.298. The molecule has 2 amide bonds. The molecule has 3 radical (unpaired) electrons. The summed E-state index contributed by atoms with van der Waals surface area (Å²) in [7, 11) is 0. The van der Waals surface area contributed by atoms with Crippen molar-refractivity contribution in [3.8, 4) is 6.07 Å². The molecule has 2 aliphatic rings. The second kappa shape index (κ2) is 4.67. The summed E-state index contributed by atoms with van der Waals surface area (Å²) in [5.41, 5.74) is -1.37. The van der Waals surface area contributed by atoms with Crippen LogP contribution in [0.1, 0.15) is 19.8 Å². The fourth-order valence-corrected chi connectivity index (χ4v) is 5.08. The molecule has 2 aliphatic heterocycles. The minimum absolute atomic E-state index is 0.0566. The predicted molar refractivity (Wildman–Crippen MR) is 68.9 cm³/mol. The number of hydrogen-bond donors (Lipinski definition) is 2. The van der Waals surface area contributed by atoms with Crippen LogP contribution in [-0.2, 0) is 9.59 Å².